The Kier molecular flexibility index (Phi) is 4.20. The van der Waals surface area contributed by atoms with Crippen LogP contribution in [0.25, 0.3) is 11.5 Å². The Balaban J connectivity index is 1.72. The second-order valence-corrected chi connectivity index (χ2v) is 4.93. The molecule has 0 fully saturated rings. The van der Waals surface area contributed by atoms with E-state index >= 15 is 0 Å². The van der Waals surface area contributed by atoms with Gasteiger partial charge in [-0.25, -0.2) is 0 Å². The van der Waals surface area contributed by atoms with Crippen molar-refractivity contribution in [3.05, 3.63) is 59.9 Å². The molecule has 2 heterocycles. The van der Waals surface area contributed by atoms with Gasteiger partial charge < -0.3 is 19.3 Å². The third-order valence-corrected chi connectivity index (χ3v) is 3.29. The van der Waals surface area contributed by atoms with E-state index in [1.54, 1.807) is 43.3 Å². The van der Waals surface area contributed by atoms with E-state index in [1.807, 2.05) is 0 Å². The van der Waals surface area contributed by atoms with Crippen LogP contribution in [0, 0.1) is 6.92 Å². The Labute approximate surface area is 132 Å². The molecular formula is C16H15N3O4. The van der Waals surface area contributed by atoms with Crippen molar-refractivity contribution in [1.82, 2.24) is 15.5 Å². The molecule has 2 N–H and O–H groups in total. The number of carbonyl (C=O) groups excluding carboxylic acids is 1. The molecule has 0 saturated heterocycles. The van der Waals surface area contributed by atoms with Crippen LogP contribution in [0.3, 0.4) is 0 Å². The fourth-order valence-electron chi connectivity index (χ4n) is 2.12. The molecule has 0 spiro atoms. The summed E-state index contributed by atoms with van der Waals surface area (Å²) >= 11 is 0. The van der Waals surface area contributed by atoms with Gasteiger partial charge in [0, 0.05) is 18.1 Å². The number of aromatic nitrogens is 2. The lowest BCUT2D eigenvalue weighted by atomic mass is 10.1. The lowest BCUT2D eigenvalue weighted by Gasteiger charge is -2.13. The zero-order valence-electron chi connectivity index (χ0n) is 12.4. The van der Waals surface area contributed by atoms with E-state index in [0.29, 0.717) is 23.1 Å². The van der Waals surface area contributed by atoms with Gasteiger partial charge >= 0.3 is 0 Å². The molecule has 0 aliphatic carbocycles. The number of amides is 1. The van der Waals surface area contributed by atoms with Gasteiger partial charge in [-0.1, -0.05) is 0 Å². The molecule has 23 heavy (non-hydrogen) atoms. The molecule has 1 unspecified atom stereocenters. The van der Waals surface area contributed by atoms with Gasteiger partial charge in [0.2, 0.25) is 11.8 Å². The molecule has 3 aromatic rings. The lowest BCUT2D eigenvalue weighted by molar-refractivity contribution is 0.0907. The molecule has 2 aromatic heterocycles. The highest BCUT2D eigenvalue weighted by atomic mass is 16.4. The number of aryl methyl sites for hydroxylation is 1. The Morgan fingerprint density at radius 1 is 1.26 bits per heavy atom. The third kappa shape index (κ3) is 3.29. The van der Waals surface area contributed by atoms with Gasteiger partial charge in [0.15, 0.2) is 0 Å². The Morgan fingerprint density at radius 2 is 2.04 bits per heavy atom. The summed E-state index contributed by atoms with van der Waals surface area (Å²) in [6.07, 6.45) is 1.49. The smallest absolute Gasteiger partial charge is 0.251 e. The summed E-state index contributed by atoms with van der Waals surface area (Å²) in [7, 11) is 0. The molecule has 0 aliphatic heterocycles. The quantitative estimate of drug-likeness (QED) is 0.748. The monoisotopic (exact) mass is 313 g/mol. The maximum absolute atomic E-state index is 12.2. The molecule has 3 rings (SSSR count). The standard InChI is InChI=1S/C16H15N3O4/c1-10-18-19-16(23-10)12-6-4-11(5-7-12)15(21)17-13(9-20)14-3-2-8-22-14/h2-8,13,20H,9H2,1H3,(H,17,21). The minimum absolute atomic E-state index is 0.251. The van der Waals surface area contributed by atoms with Crippen LogP contribution in [0.1, 0.15) is 28.1 Å². The molecular weight excluding hydrogens is 298 g/mol. The molecule has 1 aromatic carbocycles. The van der Waals surface area contributed by atoms with Gasteiger partial charge in [0.1, 0.15) is 11.8 Å². The maximum Gasteiger partial charge on any atom is 0.251 e. The Morgan fingerprint density at radius 3 is 2.61 bits per heavy atom. The minimum Gasteiger partial charge on any atom is -0.467 e. The number of hydrogen-bond donors (Lipinski definition) is 2. The van der Waals surface area contributed by atoms with Crippen LogP contribution in [-0.4, -0.2) is 27.8 Å². The van der Waals surface area contributed by atoms with Crippen molar-refractivity contribution in [1.29, 1.82) is 0 Å². The number of benzene rings is 1. The van der Waals surface area contributed by atoms with E-state index in [1.165, 1.54) is 6.26 Å². The van der Waals surface area contributed by atoms with E-state index in [0.717, 1.165) is 5.56 Å². The predicted octanol–water partition coefficient (Wildman–Crippen LogP) is 2.10. The van der Waals surface area contributed by atoms with Crippen molar-refractivity contribution in [2.45, 2.75) is 13.0 Å². The fourth-order valence-corrected chi connectivity index (χ4v) is 2.12. The zero-order valence-corrected chi connectivity index (χ0v) is 12.4. The van der Waals surface area contributed by atoms with Crippen LogP contribution in [0.2, 0.25) is 0 Å². The Bertz CT molecular complexity index is 778. The molecule has 0 bridgehead atoms. The number of carbonyl (C=O) groups is 1. The number of nitrogens with one attached hydrogen (secondary N) is 1. The van der Waals surface area contributed by atoms with Gasteiger partial charge in [-0.3, -0.25) is 4.79 Å². The second kappa shape index (κ2) is 6.45. The first-order valence-electron chi connectivity index (χ1n) is 7.03. The summed E-state index contributed by atoms with van der Waals surface area (Å²) in [4.78, 5) is 12.2. The first-order chi connectivity index (χ1) is 11.2. The molecule has 1 amide bonds. The molecule has 118 valence electrons. The van der Waals surface area contributed by atoms with E-state index < -0.39 is 6.04 Å². The number of aliphatic hydroxyl groups is 1. The molecule has 7 nitrogen and oxygen atoms in total. The first kappa shape index (κ1) is 15.0. The van der Waals surface area contributed by atoms with E-state index in [2.05, 4.69) is 15.5 Å². The average Bonchev–Trinajstić information content (AvgIpc) is 3.24. The SMILES string of the molecule is Cc1nnc(-c2ccc(C(=O)NC(CO)c3ccco3)cc2)o1. The lowest BCUT2D eigenvalue weighted by Crippen LogP contribution is -2.30. The number of aliphatic hydroxyl groups excluding tert-OH is 1. The van der Waals surface area contributed by atoms with Gasteiger partial charge in [-0.05, 0) is 36.4 Å². The van der Waals surface area contributed by atoms with Crippen molar-refractivity contribution in [3.8, 4) is 11.5 Å². The highest BCUT2D eigenvalue weighted by Crippen LogP contribution is 2.19. The molecule has 1 atom stereocenters. The first-order valence-corrected chi connectivity index (χ1v) is 7.03. The zero-order chi connectivity index (χ0) is 16.2. The largest absolute Gasteiger partial charge is 0.467 e. The van der Waals surface area contributed by atoms with Gasteiger partial charge in [-0.15, -0.1) is 10.2 Å². The number of furan rings is 1. The summed E-state index contributed by atoms with van der Waals surface area (Å²) in [6.45, 7) is 1.46. The predicted molar refractivity (Wildman–Crippen MR) is 80.5 cm³/mol. The van der Waals surface area contributed by atoms with Crippen molar-refractivity contribution in [3.63, 3.8) is 0 Å². The molecule has 0 radical (unpaired) electrons. The fraction of sp³-hybridized carbons (Fsp3) is 0.188. The van der Waals surface area contributed by atoms with Crippen LogP contribution < -0.4 is 5.32 Å². The number of hydrogen-bond acceptors (Lipinski definition) is 6. The summed E-state index contributed by atoms with van der Waals surface area (Å²) in [5.74, 6) is 1.07. The second-order valence-electron chi connectivity index (χ2n) is 4.93. The van der Waals surface area contributed by atoms with Gasteiger partial charge in [0.25, 0.3) is 5.91 Å². The van der Waals surface area contributed by atoms with Crippen LogP contribution >= 0.6 is 0 Å². The van der Waals surface area contributed by atoms with Crippen molar-refractivity contribution in [2.75, 3.05) is 6.61 Å². The topological polar surface area (TPSA) is 101 Å². The molecule has 0 saturated carbocycles. The molecule has 7 heteroatoms. The summed E-state index contributed by atoms with van der Waals surface area (Å²) in [5, 5.41) is 19.8. The highest BCUT2D eigenvalue weighted by molar-refractivity contribution is 5.94. The normalized spacial score (nSPS) is 12.1. The summed E-state index contributed by atoms with van der Waals surface area (Å²) in [6, 6.07) is 9.57. The third-order valence-electron chi connectivity index (χ3n) is 3.29. The average molecular weight is 313 g/mol. The summed E-state index contributed by atoms with van der Waals surface area (Å²) in [5.41, 5.74) is 1.18. The van der Waals surface area contributed by atoms with E-state index in [-0.39, 0.29) is 12.5 Å². The van der Waals surface area contributed by atoms with Gasteiger partial charge in [0.05, 0.1) is 12.9 Å². The van der Waals surface area contributed by atoms with Crippen LogP contribution in [-0.2, 0) is 0 Å². The number of rotatable bonds is 5. The van der Waals surface area contributed by atoms with Crippen LogP contribution in [0.5, 0.6) is 0 Å². The van der Waals surface area contributed by atoms with Crippen molar-refractivity contribution < 1.29 is 18.7 Å². The maximum atomic E-state index is 12.2. The molecule has 0 aliphatic rings. The van der Waals surface area contributed by atoms with Crippen molar-refractivity contribution in [2.24, 2.45) is 0 Å². The Hall–Kier alpha value is -2.93. The summed E-state index contributed by atoms with van der Waals surface area (Å²) < 4.78 is 10.5. The van der Waals surface area contributed by atoms with E-state index in [4.69, 9.17) is 8.83 Å². The highest BCUT2D eigenvalue weighted by Gasteiger charge is 2.17. The van der Waals surface area contributed by atoms with Crippen LogP contribution in [0.4, 0.5) is 0 Å². The minimum atomic E-state index is -0.587. The number of nitrogens with zero attached hydrogens (tertiary/aromatic N) is 2. The van der Waals surface area contributed by atoms with Gasteiger partial charge in [-0.2, -0.15) is 0 Å². The van der Waals surface area contributed by atoms with E-state index in [9.17, 15) is 9.90 Å². The van der Waals surface area contributed by atoms with Crippen LogP contribution in [0.15, 0.2) is 51.5 Å². The van der Waals surface area contributed by atoms with Crippen molar-refractivity contribution >= 4 is 5.91 Å².